The summed E-state index contributed by atoms with van der Waals surface area (Å²) in [5, 5.41) is 10.3. The molecular weight excluding hydrogens is 437 g/mol. The van der Waals surface area contributed by atoms with Crippen molar-refractivity contribution in [3.63, 3.8) is 0 Å². The van der Waals surface area contributed by atoms with Crippen LogP contribution >= 0.6 is 23.2 Å². The summed E-state index contributed by atoms with van der Waals surface area (Å²) in [4.78, 5) is 30.8. The lowest BCUT2D eigenvalue weighted by molar-refractivity contribution is -0.0191. The smallest absolute Gasteiger partial charge is 0.256 e. The van der Waals surface area contributed by atoms with E-state index in [-0.39, 0.29) is 33.9 Å². The number of H-pyrrole nitrogens is 1. The first-order valence-corrected chi connectivity index (χ1v) is 10.2. The molecule has 0 spiro atoms. The summed E-state index contributed by atoms with van der Waals surface area (Å²) in [7, 11) is 1.60. The highest BCUT2D eigenvalue weighted by Crippen LogP contribution is 2.34. The van der Waals surface area contributed by atoms with Crippen LogP contribution in [0.25, 0.3) is 22.4 Å². The van der Waals surface area contributed by atoms with Gasteiger partial charge in [-0.1, -0.05) is 41.4 Å². The number of rotatable bonds is 4. The Morgan fingerprint density at radius 2 is 1.94 bits per heavy atom. The molecule has 2 aromatic carbocycles. The maximum absolute atomic E-state index is 13.4. The number of carbonyl (C=O) groups excluding carboxylic acids is 1. The number of pyridine rings is 1. The van der Waals surface area contributed by atoms with Crippen molar-refractivity contribution in [2.24, 2.45) is 0 Å². The molecule has 1 aromatic heterocycles. The molecule has 0 bridgehead atoms. The monoisotopic (exact) mass is 453 g/mol. The maximum Gasteiger partial charge on any atom is 0.256 e. The van der Waals surface area contributed by atoms with Crippen LogP contribution in [0.1, 0.15) is 15.9 Å². The Morgan fingerprint density at radius 3 is 2.61 bits per heavy atom. The Morgan fingerprint density at radius 1 is 1.19 bits per heavy atom. The van der Waals surface area contributed by atoms with E-state index in [1.807, 2.05) is 0 Å². The Hall–Kier alpha value is -3.11. The highest BCUT2D eigenvalue weighted by Gasteiger charge is 2.33. The second-order valence-corrected chi connectivity index (χ2v) is 8.00. The van der Waals surface area contributed by atoms with Crippen LogP contribution in [-0.2, 0) is 4.74 Å². The highest BCUT2D eigenvalue weighted by molar-refractivity contribution is 6.33. The number of aromatic amines is 1. The van der Waals surface area contributed by atoms with Gasteiger partial charge in [-0.15, -0.1) is 0 Å². The zero-order chi connectivity index (χ0) is 22.1. The van der Waals surface area contributed by atoms with E-state index in [1.54, 1.807) is 54.5 Å². The molecule has 4 rings (SSSR count). The number of nitrogens with one attached hydrogen (secondary N) is 1. The first kappa shape index (κ1) is 21.1. The summed E-state index contributed by atoms with van der Waals surface area (Å²) in [6.07, 6.45) is -0.0301. The van der Waals surface area contributed by atoms with E-state index < -0.39 is 5.56 Å². The number of aromatic nitrogens is 1. The van der Waals surface area contributed by atoms with Crippen molar-refractivity contribution >= 4 is 29.1 Å². The van der Waals surface area contributed by atoms with E-state index >= 15 is 0 Å². The SMILES string of the molecule is COC1CN(C(=O)c2cc(-c3cccc(Cl)c3)c(=O)[nH]c2-c2c(Cl)cccc2C#N)C1. The van der Waals surface area contributed by atoms with Gasteiger partial charge in [0, 0.05) is 36.3 Å². The number of carbonyl (C=O) groups is 1. The van der Waals surface area contributed by atoms with Crippen molar-refractivity contribution < 1.29 is 9.53 Å². The van der Waals surface area contributed by atoms with Crippen LogP contribution in [0.3, 0.4) is 0 Å². The molecule has 8 heteroatoms. The third-order valence-electron chi connectivity index (χ3n) is 5.26. The average molecular weight is 454 g/mol. The standard InChI is InChI=1S/C23H17Cl2N3O3/c1-31-16-11-28(12-16)23(30)18-9-17(13-4-2-6-15(24)8-13)22(29)27-21(18)20-14(10-26)5-3-7-19(20)25/h2-9,16H,11-12H2,1H3,(H,27,29). The van der Waals surface area contributed by atoms with Gasteiger partial charge in [0.15, 0.2) is 0 Å². The number of hydrogen-bond donors (Lipinski definition) is 1. The minimum atomic E-state index is -0.420. The van der Waals surface area contributed by atoms with Crippen LogP contribution in [0.5, 0.6) is 0 Å². The largest absolute Gasteiger partial charge is 0.378 e. The number of methoxy groups -OCH3 is 1. The average Bonchev–Trinajstić information content (AvgIpc) is 2.72. The minimum Gasteiger partial charge on any atom is -0.378 e. The van der Waals surface area contributed by atoms with Gasteiger partial charge < -0.3 is 14.6 Å². The molecule has 2 heterocycles. The number of ether oxygens (including phenoxy) is 1. The van der Waals surface area contributed by atoms with Gasteiger partial charge in [0.25, 0.3) is 11.5 Å². The lowest BCUT2D eigenvalue weighted by Crippen LogP contribution is -2.54. The molecule has 0 aliphatic carbocycles. The molecule has 0 atom stereocenters. The summed E-state index contributed by atoms with van der Waals surface area (Å²) in [6.45, 7) is 0.877. The fraction of sp³-hybridized carbons (Fsp3) is 0.174. The molecule has 6 nitrogen and oxygen atoms in total. The predicted octanol–water partition coefficient (Wildman–Crippen LogP) is 4.36. The molecule has 1 fully saturated rings. The Balaban J connectivity index is 1.93. The lowest BCUT2D eigenvalue weighted by atomic mass is 9.96. The number of benzene rings is 2. The molecule has 3 aromatic rings. The number of nitrogens with zero attached hydrogens (tertiary/aromatic N) is 2. The van der Waals surface area contributed by atoms with Gasteiger partial charge in [-0.25, -0.2) is 0 Å². The van der Waals surface area contributed by atoms with Crippen molar-refractivity contribution in [2.75, 3.05) is 20.2 Å². The van der Waals surface area contributed by atoms with Gasteiger partial charge in [0.05, 0.1) is 34.0 Å². The first-order chi connectivity index (χ1) is 14.9. The second kappa shape index (κ2) is 8.56. The molecule has 156 valence electrons. The summed E-state index contributed by atoms with van der Waals surface area (Å²) >= 11 is 12.5. The number of likely N-dealkylation sites (tertiary alicyclic amines) is 1. The van der Waals surface area contributed by atoms with Crippen molar-refractivity contribution in [3.8, 4) is 28.5 Å². The van der Waals surface area contributed by atoms with Gasteiger partial charge in [0.2, 0.25) is 0 Å². The Kier molecular flexibility index (Phi) is 5.84. The van der Waals surface area contributed by atoms with Crippen LogP contribution in [0.4, 0.5) is 0 Å². The maximum atomic E-state index is 13.4. The highest BCUT2D eigenvalue weighted by atomic mass is 35.5. The molecule has 31 heavy (non-hydrogen) atoms. The number of halogens is 2. The molecule has 1 saturated heterocycles. The summed E-state index contributed by atoms with van der Waals surface area (Å²) in [6, 6.07) is 15.3. The Labute approximate surface area is 188 Å². The first-order valence-electron chi connectivity index (χ1n) is 9.47. The van der Waals surface area contributed by atoms with Crippen LogP contribution in [0.15, 0.2) is 53.3 Å². The third-order valence-corrected chi connectivity index (χ3v) is 5.81. The number of amides is 1. The zero-order valence-corrected chi connectivity index (χ0v) is 18.0. The van der Waals surface area contributed by atoms with Crippen molar-refractivity contribution in [2.45, 2.75) is 6.10 Å². The van der Waals surface area contributed by atoms with Crippen molar-refractivity contribution in [1.82, 2.24) is 9.88 Å². The predicted molar refractivity (Wildman–Crippen MR) is 119 cm³/mol. The molecule has 0 radical (unpaired) electrons. The van der Waals surface area contributed by atoms with Crippen LogP contribution in [0.2, 0.25) is 10.0 Å². The summed E-state index contributed by atoms with van der Waals surface area (Å²) in [5.74, 6) is -0.286. The second-order valence-electron chi connectivity index (χ2n) is 7.15. The summed E-state index contributed by atoms with van der Waals surface area (Å²) in [5.41, 5.74) is 1.48. The summed E-state index contributed by atoms with van der Waals surface area (Å²) < 4.78 is 5.27. The van der Waals surface area contributed by atoms with E-state index in [1.165, 1.54) is 6.07 Å². The van der Waals surface area contributed by atoms with E-state index in [4.69, 9.17) is 27.9 Å². The van der Waals surface area contributed by atoms with Crippen molar-refractivity contribution in [1.29, 1.82) is 5.26 Å². The number of nitriles is 1. The topological polar surface area (TPSA) is 86.2 Å². The minimum absolute atomic E-state index is 0.0301. The molecule has 0 unspecified atom stereocenters. The third kappa shape index (κ3) is 3.96. The molecular formula is C23H17Cl2N3O3. The van der Waals surface area contributed by atoms with Gasteiger partial charge in [-0.2, -0.15) is 5.26 Å². The quantitative estimate of drug-likeness (QED) is 0.635. The molecule has 1 amide bonds. The molecule has 1 aliphatic heterocycles. The fourth-order valence-electron chi connectivity index (χ4n) is 3.56. The Bertz CT molecular complexity index is 1270. The molecule has 1 N–H and O–H groups in total. The normalized spacial score (nSPS) is 13.5. The van der Waals surface area contributed by atoms with Gasteiger partial charge in [0.1, 0.15) is 0 Å². The number of hydrogen-bond acceptors (Lipinski definition) is 4. The van der Waals surface area contributed by atoms with Crippen molar-refractivity contribution in [3.05, 3.63) is 80.1 Å². The van der Waals surface area contributed by atoms with E-state index in [9.17, 15) is 14.9 Å². The van der Waals surface area contributed by atoms with Crippen LogP contribution in [0, 0.1) is 11.3 Å². The van der Waals surface area contributed by atoms with Gasteiger partial charge in [-0.05, 0) is 35.9 Å². The fourth-order valence-corrected chi connectivity index (χ4v) is 4.02. The lowest BCUT2D eigenvalue weighted by Gasteiger charge is -2.38. The van der Waals surface area contributed by atoms with Crippen LogP contribution in [-0.4, -0.2) is 42.1 Å². The van der Waals surface area contributed by atoms with Gasteiger partial charge >= 0.3 is 0 Å². The van der Waals surface area contributed by atoms with Crippen LogP contribution < -0.4 is 5.56 Å². The van der Waals surface area contributed by atoms with Gasteiger partial charge in [-0.3, -0.25) is 9.59 Å². The molecule has 1 aliphatic rings. The molecule has 0 saturated carbocycles. The van der Waals surface area contributed by atoms with E-state index in [0.717, 1.165) is 0 Å². The zero-order valence-electron chi connectivity index (χ0n) is 16.5. The van der Waals surface area contributed by atoms with E-state index in [0.29, 0.717) is 34.8 Å². The van der Waals surface area contributed by atoms with E-state index in [2.05, 4.69) is 11.1 Å².